The lowest BCUT2D eigenvalue weighted by atomic mass is 9.80. The van der Waals surface area contributed by atoms with Crippen LogP contribution in [-0.4, -0.2) is 56.8 Å². The Morgan fingerprint density at radius 2 is 1.81 bits per heavy atom. The van der Waals surface area contributed by atoms with Crippen molar-refractivity contribution in [3.05, 3.63) is 35.6 Å². The van der Waals surface area contributed by atoms with E-state index in [0.717, 1.165) is 37.9 Å². The Hall–Kier alpha value is -1.51. The number of piperidine rings is 1. The fourth-order valence-corrected chi connectivity index (χ4v) is 5.67. The van der Waals surface area contributed by atoms with E-state index in [1.165, 1.54) is 24.3 Å². The quantitative estimate of drug-likeness (QED) is 0.683. The number of hydrogen-bond donors (Lipinski definition) is 1. The van der Waals surface area contributed by atoms with E-state index in [2.05, 4.69) is 18.6 Å². The lowest BCUT2D eigenvalue weighted by molar-refractivity contribution is -0.0282. The van der Waals surface area contributed by atoms with Gasteiger partial charge in [-0.05, 0) is 74.6 Å². The summed E-state index contributed by atoms with van der Waals surface area (Å²) >= 11 is 0. The maximum atomic E-state index is 13.3. The molecule has 0 aromatic heterocycles. The molecule has 0 radical (unpaired) electrons. The van der Waals surface area contributed by atoms with Gasteiger partial charge in [0.25, 0.3) is 5.91 Å². The normalized spacial score (nSPS) is 27.5. The Morgan fingerprint density at radius 3 is 2.39 bits per heavy atom. The highest BCUT2D eigenvalue weighted by molar-refractivity contribution is 7.88. The molecular formula is C23H35FN2O4S. The Morgan fingerprint density at radius 1 is 1.16 bits per heavy atom. The van der Waals surface area contributed by atoms with Crippen LogP contribution in [0.1, 0.15) is 62.7 Å². The first kappa shape index (κ1) is 24.1. The summed E-state index contributed by atoms with van der Waals surface area (Å²) in [5.41, 5.74) is 0.392. The second kappa shape index (κ2) is 10.4. The molecule has 8 heteroatoms. The summed E-state index contributed by atoms with van der Waals surface area (Å²) in [6.07, 6.45) is 6.87. The van der Waals surface area contributed by atoms with Crippen molar-refractivity contribution in [2.45, 2.75) is 70.6 Å². The summed E-state index contributed by atoms with van der Waals surface area (Å²) in [5.74, 6) is 0.776. The van der Waals surface area contributed by atoms with Gasteiger partial charge in [-0.15, -0.1) is 0 Å². The molecule has 1 N–H and O–H groups in total. The Balaban J connectivity index is 1.72. The van der Waals surface area contributed by atoms with Crippen LogP contribution in [0.2, 0.25) is 0 Å². The highest BCUT2D eigenvalue weighted by Gasteiger charge is 2.37. The van der Waals surface area contributed by atoms with Crippen molar-refractivity contribution in [1.82, 2.24) is 9.62 Å². The van der Waals surface area contributed by atoms with Crippen molar-refractivity contribution in [1.29, 1.82) is 0 Å². The first-order valence-corrected chi connectivity index (χ1v) is 13.2. The van der Waals surface area contributed by atoms with Crippen molar-refractivity contribution >= 4 is 15.9 Å². The molecule has 0 unspecified atom stereocenters. The van der Waals surface area contributed by atoms with Crippen molar-refractivity contribution in [3.8, 4) is 0 Å². The van der Waals surface area contributed by atoms with Gasteiger partial charge in [-0.3, -0.25) is 4.79 Å². The predicted octanol–water partition coefficient (Wildman–Crippen LogP) is 3.58. The molecule has 1 saturated heterocycles. The lowest BCUT2D eigenvalue weighted by Gasteiger charge is -2.42. The number of carbonyl (C=O) groups excluding carboxylic acids is 1. The minimum atomic E-state index is -3.43. The van der Waals surface area contributed by atoms with Gasteiger partial charge in [-0.25, -0.2) is 17.5 Å². The summed E-state index contributed by atoms with van der Waals surface area (Å²) < 4.78 is 46.1. The zero-order chi connectivity index (χ0) is 22.6. The number of sulfonamides is 1. The molecule has 31 heavy (non-hydrogen) atoms. The number of halogens is 1. The number of ether oxygens (including phenoxy) is 1. The van der Waals surface area contributed by atoms with Crippen LogP contribution in [0.25, 0.3) is 0 Å². The lowest BCUT2D eigenvalue weighted by Crippen LogP contribution is -2.59. The van der Waals surface area contributed by atoms with Crippen molar-refractivity contribution in [2.75, 3.05) is 19.4 Å². The fourth-order valence-electron chi connectivity index (χ4n) is 4.84. The van der Waals surface area contributed by atoms with E-state index < -0.39 is 27.9 Å². The van der Waals surface area contributed by atoms with Crippen LogP contribution >= 0.6 is 0 Å². The largest absolute Gasteiger partial charge is 0.376 e. The van der Waals surface area contributed by atoms with Crippen LogP contribution in [-0.2, 0) is 14.8 Å². The standard InChI is InChI=1S/C23H35FN2O4S/c1-16(2)17-8-12-20(13-9-17)30-15-22-21(25-31(3,28)29)5-4-14-26(22)23(27)18-6-10-19(24)11-7-18/h6-7,10-11,16-17,20-22,25H,4-5,8-9,12-15H2,1-3H3/t17-,20+,21-,22-/m0/s1. The molecule has 1 amide bonds. The van der Waals surface area contributed by atoms with Gasteiger partial charge >= 0.3 is 0 Å². The Bertz CT molecular complexity index is 836. The minimum absolute atomic E-state index is 0.138. The van der Waals surface area contributed by atoms with E-state index >= 15 is 0 Å². The first-order valence-electron chi connectivity index (χ1n) is 11.3. The number of nitrogens with one attached hydrogen (secondary N) is 1. The monoisotopic (exact) mass is 454 g/mol. The van der Waals surface area contributed by atoms with Crippen LogP contribution in [0.5, 0.6) is 0 Å². The minimum Gasteiger partial charge on any atom is -0.376 e. The molecule has 1 aliphatic carbocycles. The average molecular weight is 455 g/mol. The second-order valence-electron chi connectivity index (χ2n) is 9.33. The van der Waals surface area contributed by atoms with Gasteiger partial charge in [0, 0.05) is 18.2 Å². The summed E-state index contributed by atoms with van der Waals surface area (Å²) in [4.78, 5) is 14.9. The van der Waals surface area contributed by atoms with Crippen molar-refractivity contribution < 1.29 is 22.3 Å². The molecule has 2 aliphatic rings. The third-order valence-corrected chi connectivity index (χ3v) is 7.39. The number of rotatable bonds is 7. The van der Waals surface area contributed by atoms with Gasteiger partial charge in [-0.2, -0.15) is 0 Å². The molecule has 1 aromatic carbocycles. The maximum Gasteiger partial charge on any atom is 0.254 e. The number of benzene rings is 1. The average Bonchev–Trinajstić information content (AvgIpc) is 2.72. The molecule has 1 aromatic rings. The van der Waals surface area contributed by atoms with E-state index in [9.17, 15) is 17.6 Å². The van der Waals surface area contributed by atoms with Gasteiger partial charge in [0.05, 0.1) is 25.0 Å². The van der Waals surface area contributed by atoms with Gasteiger partial charge < -0.3 is 9.64 Å². The molecule has 2 atom stereocenters. The van der Waals surface area contributed by atoms with E-state index in [-0.39, 0.29) is 18.6 Å². The van der Waals surface area contributed by atoms with Gasteiger partial charge in [0.1, 0.15) is 5.82 Å². The zero-order valence-electron chi connectivity index (χ0n) is 18.7. The topological polar surface area (TPSA) is 75.7 Å². The zero-order valence-corrected chi connectivity index (χ0v) is 19.5. The van der Waals surface area contributed by atoms with E-state index in [1.54, 1.807) is 4.90 Å². The summed E-state index contributed by atoms with van der Waals surface area (Å²) in [6.45, 7) is 5.33. The third-order valence-electron chi connectivity index (χ3n) is 6.66. The molecule has 6 nitrogen and oxygen atoms in total. The van der Waals surface area contributed by atoms with Crippen LogP contribution < -0.4 is 4.72 Å². The number of nitrogens with zero attached hydrogens (tertiary/aromatic N) is 1. The number of likely N-dealkylation sites (tertiary alicyclic amines) is 1. The summed E-state index contributed by atoms with van der Waals surface area (Å²) in [6, 6.07) is 4.67. The number of amides is 1. The highest BCUT2D eigenvalue weighted by Crippen LogP contribution is 2.32. The smallest absolute Gasteiger partial charge is 0.254 e. The van der Waals surface area contributed by atoms with Crippen LogP contribution in [0.15, 0.2) is 24.3 Å². The summed E-state index contributed by atoms with van der Waals surface area (Å²) in [7, 11) is -3.43. The molecule has 1 heterocycles. The van der Waals surface area contributed by atoms with Crippen molar-refractivity contribution in [2.24, 2.45) is 11.8 Å². The number of hydrogen-bond acceptors (Lipinski definition) is 4. The van der Waals surface area contributed by atoms with E-state index in [0.29, 0.717) is 30.9 Å². The van der Waals surface area contributed by atoms with Crippen molar-refractivity contribution in [3.63, 3.8) is 0 Å². The Kier molecular flexibility index (Phi) is 8.10. The maximum absolute atomic E-state index is 13.3. The van der Waals surface area contributed by atoms with Crippen LogP contribution in [0.3, 0.4) is 0 Å². The van der Waals surface area contributed by atoms with E-state index in [4.69, 9.17) is 4.74 Å². The predicted molar refractivity (Wildman–Crippen MR) is 119 cm³/mol. The molecule has 0 bridgehead atoms. The van der Waals surface area contributed by atoms with Gasteiger partial charge in [-0.1, -0.05) is 13.8 Å². The molecule has 1 saturated carbocycles. The molecule has 2 fully saturated rings. The van der Waals surface area contributed by atoms with Gasteiger partial charge in [0.15, 0.2) is 0 Å². The molecule has 1 aliphatic heterocycles. The molecular weight excluding hydrogens is 419 g/mol. The SMILES string of the molecule is CC(C)[C@H]1CC[C@@H](OC[C@H]2[C@@H](NS(C)(=O)=O)CCCN2C(=O)c2ccc(F)cc2)CC1. The second-order valence-corrected chi connectivity index (χ2v) is 11.1. The first-order chi connectivity index (χ1) is 14.6. The molecule has 174 valence electrons. The van der Waals surface area contributed by atoms with Crippen LogP contribution in [0.4, 0.5) is 4.39 Å². The fraction of sp³-hybridized carbons (Fsp3) is 0.696. The number of carbonyl (C=O) groups is 1. The van der Waals surface area contributed by atoms with E-state index in [1.807, 2.05) is 0 Å². The van der Waals surface area contributed by atoms with Crippen LogP contribution in [0, 0.1) is 17.7 Å². The third kappa shape index (κ3) is 6.73. The molecule has 3 rings (SSSR count). The Labute approximate surface area is 185 Å². The highest BCUT2D eigenvalue weighted by atomic mass is 32.2. The summed E-state index contributed by atoms with van der Waals surface area (Å²) in [5, 5.41) is 0. The van der Waals surface area contributed by atoms with Gasteiger partial charge in [0.2, 0.25) is 10.0 Å². The molecule has 0 spiro atoms.